The molecule has 1 aliphatic carbocycles. The van der Waals surface area contributed by atoms with Crippen molar-refractivity contribution in [1.29, 1.82) is 0 Å². The molecule has 1 aliphatic rings. The van der Waals surface area contributed by atoms with Crippen molar-refractivity contribution in [3.8, 4) is 0 Å². The molecule has 0 atom stereocenters. The fourth-order valence-electron chi connectivity index (χ4n) is 1.46. The maximum Gasteiger partial charge on any atom is 0.471 e. The highest BCUT2D eigenvalue weighted by Gasteiger charge is 2.38. The molecule has 0 heterocycles. The van der Waals surface area contributed by atoms with Gasteiger partial charge in [0.1, 0.15) is 0 Å². The summed E-state index contributed by atoms with van der Waals surface area (Å²) in [4.78, 5) is 20.6. The molecule has 0 aromatic rings. The van der Waals surface area contributed by atoms with Crippen LogP contribution in [0.3, 0.4) is 0 Å². The van der Waals surface area contributed by atoms with Gasteiger partial charge in [0.25, 0.3) is 0 Å². The zero-order valence-corrected chi connectivity index (χ0v) is 10.6. The number of rotatable bonds is 3. The molecular weight excluding hydrogens is 247 g/mol. The van der Waals surface area contributed by atoms with E-state index in [1.165, 1.54) is 50.8 Å². The average molecular weight is 267 g/mol. The lowest BCUT2D eigenvalue weighted by Gasteiger charge is -2.05. The lowest BCUT2D eigenvalue weighted by atomic mass is 10.0. The van der Waals surface area contributed by atoms with Crippen LogP contribution in [0.1, 0.15) is 51.9 Å². The van der Waals surface area contributed by atoms with E-state index in [-0.39, 0.29) is 6.42 Å². The molecule has 0 unspecified atom stereocenters. The van der Waals surface area contributed by atoms with Crippen LogP contribution in [0.4, 0.5) is 13.2 Å². The number of amides is 1. The lowest BCUT2D eigenvalue weighted by molar-refractivity contribution is -0.173. The fraction of sp³-hybridized carbons (Fsp3) is 0.833. The standard InChI is InChI=1S/C6H8F3NO2.C6H12/c1-2-4(11)3-10-5(12)6(7,8)9;1-2-4-6-5-3-1/h2-3H2,1H3,(H,10,12);1-6H2. The second kappa shape index (κ2) is 8.94. The Balaban J connectivity index is 0.000000397. The summed E-state index contributed by atoms with van der Waals surface area (Å²) in [6, 6.07) is 0. The zero-order chi connectivity index (χ0) is 14.0. The van der Waals surface area contributed by atoms with Gasteiger partial charge < -0.3 is 5.32 Å². The molecule has 18 heavy (non-hydrogen) atoms. The van der Waals surface area contributed by atoms with Crippen molar-refractivity contribution in [3.05, 3.63) is 0 Å². The Morgan fingerprint density at radius 3 is 1.67 bits per heavy atom. The van der Waals surface area contributed by atoms with E-state index in [0.29, 0.717) is 0 Å². The molecule has 106 valence electrons. The van der Waals surface area contributed by atoms with E-state index in [1.54, 1.807) is 0 Å². The summed E-state index contributed by atoms with van der Waals surface area (Å²) in [5, 5.41) is 1.46. The first-order chi connectivity index (χ1) is 8.38. The van der Waals surface area contributed by atoms with Gasteiger partial charge in [-0.1, -0.05) is 45.4 Å². The summed E-state index contributed by atoms with van der Waals surface area (Å²) in [6.07, 6.45) is 4.20. The van der Waals surface area contributed by atoms with Gasteiger partial charge in [0.05, 0.1) is 6.54 Å². The van der Waals surface area contributed by atoms with Gasteiger partial charge in [-0.15, -0.1) is 0 Å². The quantitative estimate of drug-likeness (QED) is 0.854. The number of alkyl halides is 3. The summed E-state index contributed by atoms with van der Waals surface area (Å²) in [5.41, 5.74) is 0. The van der Waals surface area contributed by atoms with E-state index in [2.05, 4.69) is 0 Å². The third-order valence-corrected chi connectivity index (χ3v) is 2.60. The molecule has 6 heteroatoms. The van der Waals surface area contributed by atoms with Crippen LogP contribution in [0.5, 0.6) is 0 Å². The van der Waals surface area contributed by atoms with E-state index in [0.717, 1.165) is 0 Å². The van der Waals surface area contributed by atoms with Crippen LogP contribution in [-0.4, -0.2) is 24.4 Å². The lowest BCUT2D eigenvalue weighted by Crippen LogP contribution is -2.39. The second-order valence-corrected chi connectivity index (χ2v) is 4.19. The second-order valence-electron chi connectivity index (χ2n) is 4.19. The van der Waals surface area contributed by atoms with Gasteiger partial charge in [-0.25, -0.2) is 0 Å². The Morgan fingerprint density at radius 1 is 1.00 bits per heavy atom. The van der Waals surface area contributed by atoms with Gasteiger partial charge in [-0.05, 0) is 0 Å². The molecule has 1 amide bonds. The topological polar surface area (TPSA) is 46.2 Å². The van der Waals surface area contributed by atoms with E-state index in [4.69, 9.17) is 0 Å². The fourth-order valence-corrected chi connectivity index (χ4v) is 1.46. The third-order valence-electron chi connectivity index (χ3n) is 2.60. The Labute approximate surface area is 105 Å². The molecule has 0 saturated heterocycles. The molecule has 0 spiro atoms. The van der Waals surface area contributed by atoms with Gasteiger partial charge in [0.15, 0.2) is 5.78 Å². The molecule has 0 aliphatic heterocycles. The van der Waals surface area contributed by atoms with E-state index in [1.807, 2.05) is 0 Å². The molecule has 1 N–H and O–H groups in total. The molecule has 0 aromatic heterocycles. The zero-order valence-electron chi connectivity index (χ0n) is 10.6. The molecule has 0 bridgehead atoms. The van der Waals surface area contributed by atoms with Gasteiger partial charge in [0, 0.05) is 6.42 Å². The summed E-state index contributed by atoms with van der Waals surface area (Å²) in [6.45, 7) is 0.941. The number of hydrogen-bond donors (Lipinski definition) is 1. The van der Waals surface area contributed by atoms with Crippen LogP contribution >= 0.6 is 0 Å². The van der Waals surface area contributed by atoms with Crippen LogP contribution in [0, 0.1) is 0 Å². The normalized spacial score (nSPS) is 15.3. The average Bonchev–Trinajstić information content (AvgIpc) is 2.37. The minimum atomic E-state index is -4.91. The van der Waals surface area contributed by atoms with Gasteiger partial charge >= 0.3 is 12.1 Å². The highest BCUT2D eigenvalue weighted by molar-refractivity contribution is 5.88. The van der Waals surface area contributed by atoms with Gasteiger partial charge in [-0.3, -0.25) is 9.59 Å². The minimum absolute atomic E-state index is 0.109. The molecule has 3 nitrogen and oxygen atoms in total. The van der Waals surface area contributed by atoms with Gasteiger partial charge in [0.2, 0.25) is 0 Å². The maximum absolute atomic E-state index is 11.5. The number of hydrogen-bond acceptors (Lipinski definition) is 2. The van der Waals surface area contributed by atoms with Crippen LogP contribution in [0.2, 0.25) is 0 Å². The van der Waals surface area contributed by atoms with E-state index >= 15 is 0 Å². The largest absolute Gasteiger partial charge is 0.471 e. The summed E-state index contributed by atoms with van der Waals surface area (Å²) < 4.78 is 34.4. The SMILES string of the molecule is C1CCCCC1.CCC(=O)CNC(=O)C(F)(F)F. The van der Waals surface area contributed by atoms with Crippen molar-refractivity contribution < 1.29 is 22.8 Å². The maximum atomic E-state index is 11.5. The molecule has 1 fully saturated rings. The Kier molecular flexibility index (Phi) is 8.41. The van der Waals surface area contributed by atoms with Crippen LogP contribution in [0.25, 0.3) is 0 Å². The smallest absolute Gasteiger partial charge is 0.341 e. The van der Waals surface area contributed by atoms with Crippen molar-refractivity contribution in [2.75, 3.05) is 6.54 Å². The number of nitrogens with one attached hydrogen (secondary N) is 1. The predicted octanol–water partition coefficient (Wildman–Crippen LogP) is 2.98. The highest BCUT2D eigenvalue weighted by Crippen LogP contribution is 2.15. The number of carbonyl (C=O) groups is 2. The van der Waals surface area contributed by atoms with Crippen molar-refractivity contribution in [1.82, 2.24) is 5.32 Å². The van der Waals surface area contributed by atoms with Crippen molar-refractivity contribution >= 4 is 11.7 Å². The Hall–Kier alpha value is -1.07. The van der Waals surface area contributed by atoms with Crippen LogP contribution in [-0.2, 0) is 9.59 Å². The highest BCUT2D eigenvalue weighted by atomic mass is 19.4. The molecule has 0 radical (unpaired) electrons. The molecule has 1 rings (SSSR count). The first-order valence-electron chi connectivity index (χ1n) is 6.24. The van der Waals surface area contributed by atoms with Crippen LogP contribution < -0.4 is 5.32 Å². The summed E-state index contributed by atoms with van der Waals surface area (Å²) in [5.74, 6) is -2.52. The number of Topliss-reactive ketones (excluding diaryl/α,β-unsaturated/α-hetero) is 1. The summed E-state index contributed by atoms with van der Waals surface area (Å²) in [7, 11) is 0. The molecule has 0 aromatic carbocycles. The number of ketones is 1. The Morgan fingerprint density at radius 2 is 1.39 bits per heavy atom. The van der Waals surface area contributed by atoms with E-state index < -0.39 is 24.4 Å². The predicted molar refractivity (Wildman–Crippen MR) is 62.1 cm³/mol. The third kappa shape index (κ3) is 9.01. The Bertz CT molecular complexity index is 249. The van der Waals surface area contributed by atoms with Crippen molar-refractivity contribution in [2.24, 2.45) is 0 Å². The first kappa shape index (κ1) is 16.9. The first-order valence-corrected chi connectivity index (χ1v) is 6.24. The van der Waals surface area contributed by atoms with Crippen LogP contribution in [0.15, 0.2) is 0 Å². The van der Waals surface area contributed by atoms with Gasteiger partial charge in [-0.2, -0.15) is 13.2 Å². The van der Waals surface area contributed by atoms with Crippen molar-refractivity contribution in [2.45, 2.75) is 58.0 Å². The number of carbonyl (C=O) groups excluding carboxylic acids is 2. The summed E-state index contributed by atoms with van der Waals surface area (Å²) >= 11 is 0. The molecule has 1 saturated carbocycles. The van der Waals surface area contributed by atoms with E-state index in [9.17, 15) is 22.8 Å². The number of halogens is 3. The minimum Gasteiger partial charge on any atom is -0.341 e. The molecular formula is C12H20F3NO2. The monoisotopic (exact) mass is 267 g/mol. The van der Waals surface area contributed by atoms with Crippen molar-refractivity contribution in [3.63, 3.8) is 0 Å².